The first-order valence-corrected chi connectivity index (χ1v) is 14.8. The third kappa shape index (κ3) is 28.0. The largest absolute Gasteiger partial charge is 0.0654 e. The molecule has 0 aliphatic heterocycles. The van der Waals surface area contributed by atoms with Gasteiger partial charge in [-0.05, 0) is 5.92 Å². The molecule has 0 atom stereocenters. The lowest BCUT2D eigenvalue weighted by Crippen LogP contribution is -1.87. The van der Waals surface area contributed by atoms with Crippen LogP contribution in [0.15, 0.2) is 0 Å². The molecule has 0 N–H and O–H groups in total. The van der Waals surface area contributed by atoms with Crippen molar-refractivity contribution in [2.24, 2.45) is 5.92 Å². The summed E-state index contributed by atoms with van der Waals surface area (Å²) in [4.78, 5) is 0. The second-order valence-electron chi connectivity index (χ2n) is 10.7. The number of rotatable bonds is 26. The summed E-state index contributed by atoms with van der Waals surface area (Å²) in [6.45, 7) is 7.00. The fourth-order valence-electron chi connectivity index (χ4n) is 4.69. The van der Waals surface area contributed by atoms with E-state index in [-0.39, 0.29) is 0 Å². The molecule has 0 aromatic rings. The average molecular weight is 423 g/mol. The highest BCUT2D eigenvalue weighted by molar-refractivity contribution is 4.52. The Morgan fingerprint density at radius 2 is 0.500 bits per heavy atom. The Balaban J connectivity index is 2.99. The predicted octanol–water partition coefficient (Wildman–Crippen LogP) is 11.8. The smallest absolute Gasteiger partial charge is 0.0471 e. The van der Waals surface area contributed by atoms with Gasteiger partial charge in [0, 0.05) is 0 Å². The summed E-state index contributed by atoms with van der Waals surface area (Å²) in [7, 11) is 0. The van der Waals surface area contributed by atoms with Gasteiger partial charge in [-0.15, -0.1) is 0 Å². The highest BCUT2D eigenvalue weighted by Crippen LogP contribution is 2.16. The van der Waals surface area contributed by atoms with Crippen molar-refractivity contribution in [1.82, 2.24) is 0 Å². The Hall–Kier alpha value is 0. The van der Waals surface area contributed by atoms with Gasteiger partial charge >= 0.3 is 0 Å². The van der Waals surface area contributed by atoms with Crippen LogP contribution in [0, 0.1) is 5.92 Å². The molecule has 0 amide bonds. The Kier molecular flexibility index (Phi) is 27.0. The minimum absolute atomic E-state index is 0.898. The lowest BCUT2D eigenvalue weighted by Gasteiger charge is -2.05. The molecule has 0 saturated heterocycles. The molecule has 0 aliphatic carbocycles. The Bertz CT molecular complexity index is 280. The van der Waals surface area contributed by atoms with E-state index in [2.05, 4.69) is 20.8 Å². The monoisotopic (exact) mass is 422 g/mol. The summed E-state index contributed by atoms with van der Waals surface area (Å²) < 4.78 is 0. The SMILES string of the molecule is CCCCCCCCCCCCCCCCCCCCCCCCCCCC(C)C. The van der Waals surface area contributed by atoms with E-state index in [0.29, 0.717) is 0 Å². The zero-order valence-corrected chi connectivity index (χ0v) is 22.0. The highest BCUT2D eigenvalue weighted by atomic mass is 14.0. The fourth-order valence-corrected chi connectivity index (χ4v) is 4.69. The fraction of sp³-hybridized carbons (Fsp3) is 1.00. The summed E-state index contributed by atoms with van der Waals surface area (Å²) >= 11 is 0. The van der Waals surface area contributed by atoms with Crippen LogP contribution in [0.3, 0.4) is 0 Å². The molecule has 0 heteroatoms. The predicted molar refractivity (Wildman–Crippen MR) is 141 cm³/mol. The maximum absolute atomic E-state index is 2.35. The molecule has 0 aromatic heterocycles. The van der Waals surface area contributed by atoms with Crippen LogP contribution < -0.4 is 0 Å². The summed E-state index contributed by atoms with van der Waals surface area (Å²) in [5, 5.41) is 0. The molecule has 0 fully saturated rings. The minimum Gasteiger partial charge on any atom is -0.0654 e. The third-order valence-corrected chi connectivity index (χ3v) is 6.89. The van der Waals surface area contributed by atoms with Crippen molar-refractivity contribution in [3.05, 3.63) is 0 Å². The Labute approximate surface area is 193 Å². The molecule has 0 aliphatic rings. The van der Waals surface area contributed by atoms with Gasteiger partial charge in [0.1, 0.15) is 0 Å². The van der Waals surface area contributed by atoms with E-state index < -0.39 is 0 Å². The van der Waals surface area contributed by atoms with Crippen molar-refractivity contribution in [2.75, 3.05) is 0 Å². The van der Waals surface area contributed by atoms with Crippen molar-refractivity contribution in [3.63, 3.8) is 0 Å². The molecule has 0 spiro atoms. The molecule has 0 bridgehead atoms. The standard InChI is InChI=1S/C30H62/c1-4-5-6-7-8-9-10-11-12-13-14-15-16-17-18-19-20-21-22-23-24-25-26-27-28-29-30(2)3/h30H,4-29H2,1-3H3. The zero-order chi connectivity index (χ0) is 22.0. The molecule has 0 aromatic carbocycles. The zero-order valence-electron chi connectivity index (χ0n) is 22.0. The van der Waals surface area contributed by atoms with E-state index in [4.69, 9.17) is 0 Å². The maximum Gasteiger partial charge on any atom is -0.0471 e. The van der Waals surface area contributed by atoms with E-state index in [1.165, 1.54) is 167 Å². The summed E-state index contributed by atoms with van der Waals surface area (Å²) in [5.74, 6) is 0.898. The van der Waals surface area contributed by atoms with Gasteiger partial charge in [-0.2, -0.15) is 0 Å². The van der Waals surface area contributed by atoms with Gasteiger partial charge < -0.3 is 0 Å². The van der Waals surface area contributed by atoms with E-state index in [9.17, 15) is 0 Å². The van der Waals surface area contributed by atoms with Crippen LogP contribution in [0.5, 0.6) is 0 Å². The third-order valence-electron chi connectivity index (χ3n) is 6.89. The molecular formula is C30H62. The van der Waals surface area contributed by atoms with Crippen LogP contribution >= 0.6 is 0 Å². The molecular weight excluding hydrogens is 360 g/mol. The summed E-state index contributed by atoms with van der Waals surface area (Å²) in [5.41, 5.74) is 0. The first-order chi connectivity index (χ1) is 14.8. The van der Waals surface area contributed by atoms with Crippen molar-refractivity contribution in [1.29, 1.82) is 0 Å². The van der Waals surface area contributed by atoms with Crippen molar-refractivity contribution >= 4 is 0 Å². The van der Waals surface area contributed by atoms with Crippen LogP contribution in [0.4, 0.5) is 0 Å². The molecule has 0 saturated carbocycles. The van der Waals surface area contributed by atoms with Crippen LogP contribution in [-0.4, -0.2) is 0 Å². The summed E-state index contributed by atoms with van der Waals surface area (Å²) in [6.07, 6.45) is 38.4. The van der Waals surface area contributed by atoms with E-state index in [1.54, 1.807) is 0 Å². The lowest BCUT2D eigenvalue weighted by atomic mass is 10.0. The lowest BCUT2D eigenvalue weighted by molar-refractivity contribution is 0.500. The van der Waals surface area contributed by atoms with Crippen LogP contribution in [0.2, 0.25) is 0 Å². The normalized spacial score (nSPS) is 11.6. The number of hydrogen-bond acceptors (Lipinski definition) is 0. The van der Waals surface area contributed by atoms with Gasteiger partial charge in [0.15, 0.2) is 0 Å². The molecule has 30 heavy (non-hydrogen) atoms. The van der Waals surface area contributed by atoms with Crippen molar-refractivity contribution in [3.8, 4) is 0 Å². The van der Waals surface area contributed by atoms with Crippen LogP contribution in [-0.2, 0) is 0 Å². The van der Waals surface area contributed by atoms with Gasteiger partial charge in [-0.25, -0.2) is 0 Å². The Morgan fingerprint density at radius 1 is 0.300 bits per heavy atom. The minimum atomic E-state index is 0.898. The average Bonchev–Trinajstić information content (AvgIpc) is 2.73. The molecule has 0 rings (SSSR count). The number of unbranched alkanes of at least 4 members (excludes halogenated alkanes) is 24. The van der Waals surface area contributed by atoms with Gasteiger partial charge in [0.2, 0.25) is 0 Å². The van der Waals surface area contributed by atoms with E-state index in [0.717, 1.165) is 5.92 Å². The topological polar surface area (TPSA) is 0 Å². The van der Waals surface area contributed by atoms with Gasteiger partial charge in [0.25, 0.3) is 0 Å². The molecule has 0 unspecified atom stereocenters. The van der Waals surface area contributed by atoms with E-state index in [1.807, 2.05) is 0 Å². The highest BCUT2D eigenvalue weighted by Gasteiger charge is 1.97. The van der Waals surface area contributed by atoms with Crippen LogP contribution in [0.1, 0.15) is 188 Å². The summed E-state index contributed by atoms with van der Waals surface area (Å²) in [6, 6.07) is 0. The van der Waals surface area contributed by atoms with Crippen LogP contribution in [0.25, 0.3) is 0 Å². The Morgan fingerprint density at radius 3 is 0.700 bits per heavy atom. The quantitative estimate of drug-likeness (QED) is 0.122. The van der Waals surface area contributed by atoms with Gasteiger partial charge in [-0.3, -0.25) is 0 Å². The molecule has 0 nitrogen and oxygen atoms in total. The maximum atomic E-state index is 2.35. The molecule has 182 valence electrons. The first kappa shape index (κ1) is 30.0. The first-order valence-electron chi connectivity index (χ1n) is 14.8. The van der Waals surface area contributed by atoms with Crippen molar-refractivity contribution in [2.45, 2.75) is 188 Å². The second-order valence-corrected chi connectivity index (χ2v) is 10.7. The van der Waals surface area contributed by atoms with Crippen molar-refractivity contribution < 1.29 is 0 Å². The van der Waals surface area contributed by atoms with Gasteiger partial charge in [-0.1, -0.05) is 188 Å². The second kappa shape index (κ2) is 27.0. The molecule has 0 radical (unpaired) electrons. The van der Waals surface area contributed by atoms with Gasteiger partial charge in [0.05, 0.1) is 0 Å². The molecule has 0 heterocycles. The number of hydrogen-bond donors (Lipinski definition) is 0. The van der Waals surface area contributed by atoms with E-state index >= 15 is 0 Å².